The lowest BCUT2D eigenvalue weighted by atomic mass is 9.79. The van der Waals surface area contributed by atoms with Crippen LogP contribution < -0.4 is 10.1 Å². The summed E-state index contributed by atoms with van der Waals surface area (Å²) >= 11 is 0. The lowest BCUT2D eigenvalue weighted by Crippen LogP contribution is -2.59. The molecule has 4 nitrogen and oxygen atoms in total. The maximum atomic E-state index is 12.2. The predicted octanol–water partition coefficient (Wildman–Crippen LogP) is 1.06. The smallest absolute Gasteiger partial charge is 0.227 e. The number of rotatable bonds is 3. The fourth-order valence-corrected chi connectivity index (χ4v) is 3.04. The van der Waals surface area contributed by atoms with Gasteiger partial charge in [-0.3, -0.25) is 4.79 Å². The van der Waals surface area contributed by atoms with Crippen molar-refractivity contribution >= 4 is 5.91 Å². The van der Waals surface area contributed by atoms with Crippen LogP contribution >= 0.6 is 0 Å². The van der Waals surface area contributed by atoms with Gasteiger partial charge in [0.25, 0.3) is 0 Å². The van der Waals surface area contributed by atoms with E-state index in [0.29, 0.717) is 11.8 Å². The number of nitrogens with one attached hydrogen (secondary N) is 1. The first-order chi connectivity index (χ1) is 9.21. The summed E-state index contributed by atoms with van der Waals surface area (Å²) in [6, 6.07) is 7.73. The molecule has 0 radical (unpaired) electrons. The standard InChI is InChI=1S/C15H20N2O2/c1-19-13-4-2-12(3-5-13)8-14(18)17-10-15(11-17)6-7-16-9-15/h2-5,16H,6-11H2,1H3. The fourth-order valence-electron chi connectivity index (χ4n) is 3.04. The number of likely N-dealkylation sites (tertiary alicyclic amines) is 1. The monoisotopic (exact) mass is 260 g/mol. The third-order valence-electron chi connectivity index (χ3n) is 4.25. The Balaban J connectivity index is 1.54. The number of nitrogens with zero attached hydrogens (tertiary/aromatic N) is 1. The van der Waals surface area contributed by atoms with E-state index in [4.69, 9.17) is 4.74 Å². The molecule has 0 bridgehead atoms. The summed E-state index contributed by atoms with van der Waals surface area (Å²) in [6.07, 6.45) is 1.70. The molecule has 0 atom stereocenters. The number of carbonyl (C=O) groups excluding carboxylic acids is 1. The molecule has 0 saturated carbocycles. The van der Waals surface area contributed by atoms with Gasteiger partial charge < -0.3 is 15.0 Å². The van der Waals surface area contributed by atoms with Crippen molar-refractivity contribution in [3.8, 4) is 5.75 Å². The maximum Gasteiger partial charge on any atom is 0.227 e. The van der Waals surface area contributed by atoms with Gasteiger partial charge in [-0.25, -0.2) is 0 Å². The molecule has 0 aliphatic carbocycles. The summed E-state index contributed by atoms with van der Waals surface area (Å²) in [5.41, 5.74) is 1.44. The van der Waals surface area contributed by atoms with E-state index in [-0.39, 0.29) is 5.91 Å². The average Bonchev–Trinajstić information content (AvgIpc) is 2.87. The molecule has 3 rings (SSSR count). The first kappa shape index (κ1) is 12.5. The normalized spacial score (nSPS) is 20.4. The zero-order valence-corrected chi connectivity index (χ0v) is 11.3. The van der Waals surface area contributed by atoms with E-state index in [1.807, 2.05) is 29.2 Å². The van der Waals surface area contributed by atoms with Gasteiger partial charge in [-0.1, -0.05) is 12.1 Å². The SMILES string of the molecule is COc1ccc(CC(=O)N2CC3(CCNC3)C2)cc1. The predicted molar refractivity (Wildman–Crippen MR) is 73.2 cm³/mol. The number of hydrogen-bond acceptors (Lipinski definition) is 3. The van der Waals surface area contributed by atoms with E-state index in [1.54, 1.807) is 7.11 Å². The minimum atomic E-state index is 0.239. The number of carbonyl (C=O) groups is 1. The Labute approximate surface area is 113 Å². The summed E-state index contributed by atoms with van der Waals surface area (Å²) in [6.45, 7) is 4.02. The molecule has 19 heavy (non-hydrogen) atoms. The number of methoxy groups -OCH3 is 1. The number of benzene rings is 1. The zero-order chi connectivity index (χ0) is 13.3. The Morgan fingerprint density at radius 1 is 1.37 bits per heavy atom. The minimum Gasteiger partial charge on any atom is -0.497 e. The topological polar surface area (TPSA) is 41.6 Å². The first-order valence-corrected chi connectivity index (χ1v) is 6.82. The van der Waals surface area contributed by atoms with E-state index in [1.165, 1.54) is 6.42 Å². The van der Waals surface area contributed by atoms with Crippen LogP contribution in [0, 0.1) is 5.41 Å². The lowest BCUT2D eigenvalue weighted by molar-refractivity contribution is -0.141. The number of amides is 1. The Kier molecular flexibility index (Phi) is 3.19. The van der Waals surface area contributed by atoms with Crippen LogP contribution in [0.2, 0.25) is 0 Å². The van der Waals surface area contributed by atoms with Crippen molar-refractivity contribution in [2.75, 3.05) is 33.3 Å². The van der Waals surface area contributed by atoms with Gasteiger partial charge in [0.05, 0.1) is 13.5 Å². The highest BCUT2D eigenvalue weighted by atomic mass is 16.5. The van der Waals surface area contributed by atoms with Crippen LogP contribution in [-0.2, 0) is 11.2 Å². The summed E-state index contributed by atoms with van der Waals surface area (Å²) in [7, 11) is 1.65. The molecule has 2 aliphatic heterocycles. The van der Waals surface area contributed by atoms with Gasteiger partial charge in [-0.05, 0) is 30.7 Å². The van der Waals surface area contributed by atoms with Gasteiger partial charge in [-0.15, -0.1) is 0 Å². The van der Waals surface area contributed by atoms with Crippen molar-refractivity contribution in [3.05, 3.63) is 29.8 Å². The minimum absolute atomic E-state index is 0.239. The molecule has 2 fully saturated rings. The second kappa shape index (κ2) is 4.85. The summed E-state index contributed by atoms with van der Waals surface area (Å²) in [5, 5.41) is 3.38. The molecular weight excluding hydrogens is 240 g/mol. The molecule has 0 unspecified atom stereocenters. The summed E-state index contributed by atoms with van der Waals surface area (Å²) in [4.78, 5) is 14.1. The van der Waals surface area contributed by atoms with Crippen LogP contribution in [0.5, 0.6) is 5.75 Å². The van der Waals surface area contributed by atoms with E-state index >= 15 is 0 Å². The molecule has 1 aromatic rings. The van der Waals surface area contributed by atoms with Gasteiger partial charge in [0.1, 0.15) is 5.75 Å². The number of ether oxygens (including phenoxy) is 1. The van der Waals surface area contributed by atoms with Gasteiger partial charge in [-0.2, -0.15) is 0 Å². The van der Waals surface area contributed by atoms with Crippen molar-refractivity contribution in [3.63, 3.8) is 0 Å². The highest BCUT2D eigenvalue weighted by Crippen LogP contribution is 2.36. The number of hydrogen-bond donors (Lipinski definition) is 1. The quantitative estimate of drug-likeness (QED) is 0.883. The second-order valence-electron chi connectivity index (χ2n) is 5.70. The molecule has 1 spiro atoms. The van der Waals surface area contributed by atoms with Crippen molar-refractivity contribution in [2.45, 2.75) is 12.8 Å². The van der Waals surface area contributed by atoms with Gasteiger partial charge >= 0.3 is 0 Å². The summed E-state index contributed by atoms with van der Waals surface area (Å²) < 4.78 is 5.11. The van der Waals surface area contributed by atoms with Crippen molar-refractivity contribution in [1.29, 1.82) is 0 Å². The Morgan fingerprint density at radius 2 is 2.11 bits per heavy atom. The third kappa shape index (κ3) is 2.45. The van der Waals surface area contributed by atoms with Crippen LogP contribution in [0.25, 0.3) is 0 Å². The van der Waals surface area contributed by atoms with Gasteiger partial charge in [0.15, 0.2) is 0 Å². The Bertz CT molecular complexity index is 456. The fraction of sp³-hybridized carbons (Fsp3) is 0.533. The Hall–Kier alpha value is -1.55. The molecule has 0 aromatic heterocycles. The molecule has 1 N–H and O–H groups in total. The van der Waals surface area contributed by atoms with Crippen LogP contribution in [0.3, 0.4) is 0 Å². The first-order valence-electron chi connectivity index (χ1n) is 6.82. The van der Waals surface area contributed by atoms with Crippen LogP contribution in [-0.4, -0.2) is 44.1 Å². The lowest BCUT2D eigenvalue weighted by Gasteiger charge is -2.47. The van der Waals surface area contributed by atoms with E-state index in [0.717, 1.165) is 37.5 Å². The highest BCUT2D eigenvalue weighted by molar-refractivity contribution is 5.79. The molecule has 2 saturated heterocycles. The van der Waals surface area contributed by atoms with E-state index in [2.05, 4.69) is 5.32 Å². The van der Waals surface area contributed by atoms with Gasteiger partial charge in [0, 0.05) is 25.0 Å². The Morgan fingerprint density at radius 3 is 2.68 bits per heavy atom. The average molecular weight is 260 g/mol. The molecule has 2 heterocycles. The molecular formula is C15H20N2O2. The van der Waals surface area contributed by atoms with Crippen molar-refractivity contribution in [2.24, 2.45) is 5.41 Å². The molecule has 4 heteroatoms. The second-order valence-corrected chi connectivity index (χ2v) is 5.70. The van der Waals surface area contributed by atoms with E-state index in [9.17, 15) is 4.79 Å². The molecule has 1 aromatic carbocycles. The van der Waals surface area contributed by atoms with Crippen molar-refractivity contribution < 1.29 is 9.53 Å². The van der Waals surface area contributed by atoms with Crippen LogP contribution in [0.1, 0.15) is 12.0 Å². The van der Waals surface area contributed by atoms with E-state index < -0.39 is 0 Å². The van der Waals surface area contributed by atoms with Crippen molar-refractivity contribution in [1.82, 2.24) is 10.2 Å². The molecule has 1 amide bonds. The van der Waals surface area contributed by atoms with Gasteiger partial charge in [0.2, 0.25) is 5.91 Å². The van der Waals surface area contributed by atoms with Crippen LogP contribution in [0.4, 0.5) is 0 Å². The molecule has 2 aliphatic rings. The largest absolute Gasteiger partial charge is 0.497 e. The van der Waals surface area contributed by atoms with Crippen LogP contribution in [0.15, 0.2) is 24.3 Å². The zero-order valence-electron chi connectivity index (χ0n) is 11.3. The molecule has 102 valence electrons. The highest BCUT2D eigenvalue weighted by Gasteiger charge is 2.46. The third-order valence-corrected chi connectivity index (χ3v) is 4.25. The maximum absolute atomic E-state index is 12.2. The summed E-state index contributed by atoms with van der Waals surface area (Å²) in [5.74, 6) is 1.07.